The van der Waals surface area contributed by atoms with E-state index in [1.807, 2.05) is 42.5 Å². The van der Waals surface area contributed by atoms with Gasteiger partial charge in [-0.3, -0.25) is 0 Å². The highest BCUT2D eigenvalue weighted by atomic mass is 16.5. The van der Waals surface area contributed by atoms with Gasteiger partial charge >= 0.3 is 6.03 Å². The minimum atomic E-state index is -0.184. The lowest BCUT2D eigenvalue weighted by molar-refractivity contribution is 0.129. The van der Waals surface area contributed by atoms with Crippen LogP contribution in [0.1, 0.15) is 26.2 Å². The Kier molecular flexibility index (Phi) is 7.84. The fourth-order valence-corrected chi connectivity index (χ4v) is 2.28. The van der Waals surface area contributed by atoms with Crippen LogP contribution in [0.3, 0.4) is 0 Å². The first-order chi connectivity index (χ1) is 11.8. The summed E-state index contributed by atoms with van der Waals surface area (Å²) in [6, 6.07) is 17.8. The molecule has 24 heavy (non-hydrogen) atoms. The normalized spacial score (nSPS) is 10.4. The van der Waals surface area contributed by atoms with Crippen molar-refractivity contribution in [1.82, 2.24) is 5.32 Å². The maximum Gasteiger partial charge on any atom is 0.319 e. The zero-order valence-electron chi connectivity index (χ0n) is 14.3. The van der Waals surface area contributed by atoms with E-state index >= 15 is 0 Å². The average molecular weight is 326 g/mol. The molecule has 0 unspecified atom stereocenters. The molecule has 0 saturated heterocycles. The summed E-state index contributed by atoms with van der Waals surface area (Å²) in [4.78, 5) is 11.8. The van der Waals surface area contributed by atoms with Crippen LogP contribution in [0.15, 0.2) is 54.6 Å². The Balaban J connectivity index is 1.69. The molecular weight excluding hydrogens is 300 g/mol. The van der Waals surface area contributed by atoms with Gasteiger partial charge in [0.25, 0.3) is 0 Å². The van der Waals surface area contributed by atoms with Crippen LogP contribution >= 0.6 is 0 Å². The van der Waals surface area contributed by atoms with Crippen molar-refractivity contribution in [3.05, 3.63) is 54.6 Å². The highest BCUT2D eigenvalue weighted by Crippen LogP contribution is 2.20. The minimum Gasteiger partial charge on any atom is -0.381 e. The number of hydrogen-bond acceptors (Lipinski definition) is 2. The van der Waals surface area contributed by atoms with E-state index < -0.39 is 0 Å². The summed E-state index contributed by atoms with van der Waals surface area (Å²) in [6.07, 6.45) is 3.06. The van der Waals surface area contributed by atoms with E-state index in [9.17, 15) is 4.79 Å². The number of hydrogen-bond donors (Lipinski definition) is 2. The van der Waals surface area contributed by atoms with Gasteiger partial charge in [0.2, 0.25) is 0 Å². The van der Waals surface area contributed by atoms with Crippen molar-refractivity contribution < 1.29 is 9.53 Å². The maximum atomic E-state index is 11.8. The molecule has 2 rings (SSSR count). The predicted molar refractivity (Wildman–Crippen MR) is 99.2 cm³/mol. The van der Waals surface area contributed by atoms with E-state index in [-0.39, 0.29) is 6.03 Å². The summed E-state index contributed by atoms with van der Waals surface area (Å²) in [5.41, 5.74) is 3.08. The number of carbonyl (C=O) groups is 1. The number of ether oxygens (including phenoxy) is 1. The third-order valence-corrected chi connectivity index (χ3v) is 3.64. The summed E-state index contributed by atoms with van der Waals surface area (Å²) in [5.74, 6) is 0. The molecule has 2 aromatic carbocycles. The van der Waals surface area contributed by atoms with Crippen molar-refractivity contribution >= 4 is 11.7 Å². The number of amides is 2. The second-order valence-electron chi connectivity index (χ2n) is 5.64. The Morgan fingerprint density at radius 3 is 2.29 bits per heavy atom. The number of unbranched alkanes of at least 4 members (excludes halogenated alkanes) is 1. The van der Waals surface area contributed by atoms with Crippen LogP contribution in [0.2, 0.25) is 0 Å². The fourth-order valence-electron chi connectivity index (χ4n) is 2.28. The van der Waals surface area contributed by atoms with Gasteiger partial charge in [0.1, 0.15) is 0 Å². The first-order valence-electron chi connectivity index (χ1n) is 8.57. The molecule has 4 heteroatoms. The second kappa shape index (κ2) is 10.4. The van der Waals surface area contributed by atoms with Gasteiger partial charge < -0.3 is 15.4 Å². The van der Waals surface area contributed by atoms with Gasteiger partial charge in [-0.15, -0.1) is 0 Å². The predicted octanol–water partition coefficient (Wildman–Crippen LogP) is 4.68. The molecule has 0 spiro atoms. The molecule has 0 aliphatic rings. The van der Waals surface area contributed by atoms with Crippen LogP contribution in [0.5, 0.6) is 0 Å². The second-order valence-corrected chi connectivity index (χ2v) is 5.64. The van der Waals surface area contributed by atoms with Crippen LogP contribution < -0.4 is 10.6 Å². The molecule has 2 N–H and O–H groups in total. The van der Waals surface area contributed by atoms with Gasteiger partial charge in [-0.25, -0.2) is 4.79 Å². The Bertz CT molecular complexity index is 597. The van der Waals surface area contributed by atoms with Gasteiger partial charge in [-0.2, -0.15) is 0 Å². The topological polar surface area (TPSA) is 50.4 Å². The largest absolute Gasteiger partial charge is 0.381 e. The highest BCUT2D eigenvalue weighted by molar-refractivity contribution is 5.89. The van der Waals surface area contributed by atoms with Crippen molar-refractivity contribution in [3.8, 4) is 11.1 Å². The monoisotopic (exact) mass is 326 g/mol. The number of benzene rings is 2. The number of nitrogens with one attached hydrogen (secondary N) is 2. The molecule has 0 bridgehead atoms. The van der Waals surface area contributed by atoms with Crippen LogP contribution in [0.4, 0.5) is 10.5 Å². The van der Waals surface area contributed by atoms with Crippen LogP contribution in [-0.2, 0) is 4.74 Å². The first-order valence-corrected chi connectivity index (χ1v) is 8.57. The van der Waals surface area contributed by atoms with Gasteiger partial charge in [-0.05, 0) is 36.1 Å². The van der Waals surface area contributed by atoms with Crippen molar-refractivity contribution in [2.75, 3.05) is 25.1 Å². The van der Waals surface area contributed by atoms with Gasteiger partial charge in [0.05, 0.1) is 0 Å². The van der Waals surface area contributed by atoms with Crippen LogP contribution in [0, 0.1) is 0 Å². The smallest absolute Gasteiger partial charge is 0.319 e. The number of urea groups is 1. The van der Waals surface area contributed by atoms with Gasteiger partial charge in [0.15, 0.2) is 0 Å². The molecular formula is C20H26N2O2. The van der Waals surface area contributed by atoms with Crippen molar-refractivity contribution in [1.29, 1.82) is 0 Å². The highest BCUT2D eigenvalue weighted by Gasteiger charge is 2.02. The molecule has 0 heterocycles. The number of carbonyl (C=O) groups excluding carboxylic acids is 1. The summed E-state index contributed by atoms with van der Waals surface area (Å²) in [5, 5.41) is 5.68. The third kappa shape index (κ3) is 6.42. The molecule has 0 radical (unpaired) electrons. The van der Waals surface area contributed by atoms with Crippen molar-refractivity contribution in [2.45, 2.75) is 26.2 Å². The summed E-state index contributed by atoms with van der Waals surface area (Å²) in [7, 11) is 0. The molecule has 0 aliphatic carbocycles. The van der Waals surface area contributed by atoms with E-state index in [1.54, 1.807) is 0 Å². The van der Waals surface area contributed by atoms with Crippen LogP contribution in [-0.4, -0.2) is 25.8 Å². The van der Waals surface area contributed by atoms with Gasteiger partial charge in [0, 0.05) is 25.4 Å². The summed E-state index contributed by atoms with van der Waals surface area (Å²) < 4.78 is 5.46. The summed E-state index contributed by atoms with van der Waals surface area (Å²) in [6.45, 7) is 4.24. The average Bonchev–Trinajstić information content (AvgIpc) is 2.62. The number of anilines is 1. The molecule has 0 aliphatic heterocycles. The minimum absolute atomic E-state index is 0.184. The molecule has 0 fully saturated rings. The van der Waals surface area contributed by atoms with E-state index in [0.717, 1.165) is 42.7 Å². The Labute approximate surface area is 144 Å². The van der Waals surface area contributed by atoms with E-state index in [1.165, 1.54) is 0 Å². The maximum absolute atomic E-state index is 11.8. The fraction of sp³-hybridized carbons (Fsp3) is 0.350. The number of rotatable bonds is 9. The molecule has 128 valence electrons. The zero-order chi connectivity index (χ0) is 17.0. The molecule has 2 amide bonds. The quantitative estimate of drug-likeness (QED) is 0.657. The first kappa shape index (κ1) is 18.0. The molecule has 0 aromatic heterocycles. The van der Waals surface area contributed by atoms with E-state index in [4.69, 9.17) is 4.74 Å². The summed E-state index contributed by atoms with van der Waals surface area (Å²) >= 11 is 0. The Hall–Kier alpha value is -2.33. The van der Waals surface area contributed by atoms with Crippen LogP contribution in [0.25, 0.3) is 11.1 Å². The SMILES string of the molecule is CCCCOCCCNC(=O)Nc1ccc(-c2ccccc2)cc1. The molecule has 4 nitrogen and oxygen atoms in total. The molecule has 0 atom stereocenters. The Morgan fingerprint density at radius 2 is 1.58 bits per heavy atom. The van der Waals surface area contributed by atoms with Crippen molar-refractivity contribution in [2.24, 2.45) is 0 Å². The van der Waals surface area contributed by atoms with E-state index in [0.29, 0.717) is 13.2 Å². The molecule has 0 saturated carbocycles. The lowest BCUT2D eigenvalue weighted by atomic mass is 10.1. The molecule has 2 aromatic rings. The zero-order valence-corrected chi connectivity index (χ0v) is 14.3. The standard InChI is InChI=1S/C20H26N2O2/c1-2-3-15-24-16-7-14-21-20(23)22-19-12-10-18(11-13-19)17-8-5-4-6-9-17/h4-6,8-13H,2-3,7,14-16H2,1H3,(H2,21,22,23). The van der Waals surface area contributed by atoms with E-state index in [2.05, 4.69) is 29.7 Å². The lowest BCUT2D eigenvalue weighted by Gasteiger charge is -2.09. The Morgan fingerprint density at radius 1 is 0.917 bits per heavy atom. The van der Waals surface area contributed by atoms with Crippen molar-refractivity contribution in [3.63, 3.8) is 0 Å². The lowest BCUT2D eigenvalue weighted by Crippen LogP contribution is -2.30. The third-order valence-electron chi connectivity index (χ3n) is 3.64. The van der Waals surface area contributed by atoms with Gasteiger partial charge in [-0.1, -0.05) is 55.8 Å².